The quantitative estimate of drug-likeness (QED) is 0.687. The van der Waals surface area contributed by atoms with Gasteiger partial charge in [-0.3, -0.25) is 14.5 Å². The second kappa shape index (κ2) is 9.63. The normalized spacial score (nSPS) is 18.4. The molecule has 0 aromatic heterocycles. The molecule has 0 spiro atoms. The standard InChI is InChI=1S/C24H28ClN3O2/c25-21-8-6-19(7-9-21)24(30)20-10-12-26(13-11-20)18-23(29)28-16-14-27(15-17-28)22-4-2-1-3-5-22/h1-9,20H,10-18H2. The summed E-state index contributed by atoms with van der Waals surface area (Å²) in [5.41, 5.74) is 1.95. The van der Waals surface area contributed by atoms with E-state index in [1.807, 2.05) is 23.1 Å². The molecule has 0 radical (unpaired) electrons. The number of ketones is 1. The number of nitrogens with zero attached hydrogens (tertiary/aromatic N) is 3. The lowest BCUT2D eigenvalue weighted by Crippen LogP contribution is -2.52. The van der Waals surface area contributed by atoms with Crippen LogP contribution in [0.2, 0.25) is 5.02 Å². The van der Waals surface area contributed by atoms with Crippen molar-refractivity contribution in [2.24, 2.45) is 5.92 Å². The summed E-state index contributed by atoms with van der Waals surface area (Å²) in [6.07, 6.45) is 1.60. The minimum atomic E-state index is 0.0342. The Bertz CT molecular complexity index is 856. The molecule has 5 nitrogen and oxygen atoms in total. The molecule has 2 aliphatic heterocycles. The van der Waals surface area contributed by atoms with Crippen LogP contribution in [0.1, 0.15) is 23.2 Å². The molecule has 1 amide bonds. The van der Waals surface area contributed by atoms with E-state index in [1.165, 1.54) is 5.69 Å². The van der Waals surface area contributed by atoms with E-state index in [0.717, 1.165) is 57.7 Å². The molecule has 0 aliphatic carbocycles. The SMILES string of the molecule is O=C(c1ccc(Cl)cc1)C1CCN(CC(=O)N2CCN(c3ccccc3)CC2)CC1. The van der Waals surface area contributed by atoms with Gasteiger partial charge in [-0.05, 0) is 62.3 Å². The van der Waals surface area contributed by atoms with Crippen molar-refractivity contribution in [3.05, 3.63) is 65.2 Å². The third-order valence-corrected chi connectivity index (χ3v) is 6.45. The number of carbonyl (C=O) groups excluding carboxylic acids is 2. The van der Waals surface area contributed by atoms with E-state index in [0.29, 0.717) is 11.6 Å². The number of likely N-dealkylation sites (tertiary alicyclic amines) is 1. The van der Waals surface area contributed by atoms with Gasteiger partial charge in [0.1, 0.15) is 0 Å². The summed E-state index contributed by atoms with van der Waals surface area (Å²) in [5, 5.41) is 0.643. The Hall–Kier alpha value is -2.37. The predicted molar refractivity (Wildman–Crippen MR) is 120 cm³/mol. The third kappa shape index (κ3) is 5.02. The van der Waals surface area contributed by atoms with Crippen molar-refractivity contribution >= 4 is 29.0 Å². The smallest absolute Gasteiger partial charge is 0.236 e. The van der Waals surface area contributed by atoms with E-state index in [2.05, 4.69) is 21.9 Å². The number of piperidine rings is 1. The first-order valence-electron chi connectivity index (χ1n) is 10.7. The van der Waals surface area contributed by atoms with Crippen LogP contribution in [-0.2, 0) is 4.79 Å². The highest BCUT2D eigenvalue weighted by atomic mass is 35.5. The summed E-state index contributed by atoms with van der Waals surface area (Å²) < 4.78 is 0. The van der Waals surface area contributed by atoms with E-state index >= 15 is 0 Å². The number of hydrogen-bond acceptors (Lipinski definition) is 4. The molecule has 158 valence electrons. The van der Waals surface area contributed by atoms with Gasteiger partial charge in [-0.15, -0.1) is 0 Å². The Morgan fingerprint density at radius 2 is 1.47 bits per heavy atom. The monoisotopic (exact) mass is 425 g/mol. The molecular formula is C24H28ClN3O2. The number of amides is 1. The lowest BCUT2D eigenvalue weighted by molar-refractivity contribution is -0.133. The fourth-order valence-corrected chi connectivity index (χ4v) is 4.47. The van der Waals surface area contributed by atoms with E-state index in [4.69, 9.17) is 11.6 Å². The highest BCUT2D eigenvalue weighted by Crippen LogP contribution is 2.23. The first kappa shape index (κ1) is 20.9. The zero-order valence-electron chi connectivity index (χ0n) is 17.2. The molecule has 0 atom stereocenters. The van der Waals surface area contributed by atoms with Gasteiger partial charge in [0.25, 0.3) is 0 Å². The lowest BCUT2D eigenvalue weighted by atomic mass is 9.89. The summed E-state index contributed by atoms with van der Waals surface area (Å²) in [7, 11) is 0. The van der Waals surface area contributed by atoms with Gasteiger partial charge in [0.2, 0.25) is 5.91 Å². The number of piperazine rings is 1. The van der Waals surface area contributed by atoms with Crippen molar-refractivity contribution in [1.29, 1.82) is 0 Å². The highest BCUT2D eigenvalue weighted by Gasteiger charge is 2.28. The summed E-state index contributed by atoms with van der Waals surface area (Å²) in [4.78, 5) is 32.0. The van der Waals surface area contributed by atoms with Crippen LogP contribution in [0.4, 0.5) is 5.69 Å². The zero-order chi connectivity index (χ0) is 20.9. The fourth-order valence-electron chi connectivity index (χ4n) is 4.35. The van der Waals surface area contributed by atoms with Crippen molar-refractivity contribution in [2.45, 2.75) is 12.8 Å². The average molecular weight is 426 g/mol. The zero-order valence-corrected chi connectivity index (χ0v) is 17.9. The number of anilines is 1. The van der Waals surface area contributed by atoms with Gasteiger partial charge in [0.15, 0.2) is 5.78 Å². The Morgan fingerprint density at radius 1 is 0.833 bits per heavy atom. The molecule has 2 aromatic rings. The van der Waals surface area contributed by atoms with Gasteiger partial charge >= 0.3 is 0 Å². The number of benzene rings is 2. The topological polar surface area (TPSA) is 43.9 Å². The maximum absolute atomic E-state index is 12.8. The van der Waals surface area contributed by atoms with Crippen LogP contribution in [0.3, 0.4) is 0 Å². The number of carbonyl (C=O) groups is 2. The molecule has 0 saturated carbocycles. The molecule has 2 fully saturated rings. The van der Waals surface area contributed by atoms with Crippen LogP contribution in [0.5, 0.6) is 0 Å². The van der Waals surface area contributed by atoms with Crippen LogP contribution in [0.15, 0.2) is 54.6 Å². The van der Waals surface area contributed by atoms with Crippen LogP contribution in [0.25, 0.3) is 0 Å². The van der Waals surface area contributed by atoms with Crippen LogP contribution >= 0.6 is 11.6 Å². The number of para-hydroxylation sites is 1. The summed E-state index contributed by atoms with van der Waals surface area (Å²) in [6.45, 7) is 5.30. The van der Waals surface area contributed by atoms with E-state index in [1.54, 1.807) is 24.3 Å². The van der Waals surface area contributed by atoms with Gasteiger partial charge in [0.05, 0.1) is 6.54 Å². The maximum Gasteiger partial charge on any atom is 0.236 e. The Labute approximate surface area is 183 Å². The van der Waals surface area contributed by atoms with E-state index in [9.17, 15) is 9.59 Å². The predicted octanol–water partition coefficient (Wildman–Crippen LogP) is 3.58. The van der Waals surface area contributed by atoms with E-state index in [-0.39, 0.29) is 17.6 Å². The Balaban J connectivity index is 1.22. The molecule has 2 aromatic carbocycles. The second-order valence-corrected chi connectivity index (χ2v) is 8.56. The summed E-state index contributed by atoms with van der Waals surface area (Å²) >= 11 is 5.92. The highest BCUT2D eigenvalue weighted by molar-refractivity contribution is 6.30. The molecule has 6 heteroatoms. The Kier molecular flexibility index (Phi) is 6.70. The maximum atomic E-state index is 12.8. The fraction of sp³-hybridized carbons (Fsp3) is 0.417. The van der Waals surface area contributed by atoms with Gasteiger partial charge < -0.3 is 9.80 Å². The molecule has 30 heavy (non-hydrogen) atoms. The Morgan fingerprint density at radius 3 is 2.10 bits per heavy atom. The van der Waals surface area contributed by atoms with Crippen LogP contribution < -0.4 is 4.90 Å². The minimum Gasteiger partial charge on any atom is -0.368 e. The third-order valence-electron chi connectivity index (χ3n) is 6.20. The molecule has 0 bridgehead atoms. The average Bonchev–Trinajstić information content (AvgIpc) is 2.80. The van der Waals surface area contributed by atoms with Crippen molar-refractivity contribution in [3.8, 4) is 0 Å². The van der Waals surface area contributed by atoms with Gasteiger partial charge in [0, 0.05) is 48.4 Å². The van der Waals surface area contributed by atoms with Crippen molar-refractivity contribution in [2.75, 3.05) is 50.7 Å². The molecule has 0 N–H and O–H groups in total. The van der Waals surface area contributed by atoms with Crippen LogP contribution in [0, 0.1) is 5.92 Å². The van der Waals surface area contributed by atoms with Crippen molar-refractivity contribution in [3.63, 3.8) is 0 Å². The minimum absolute atomic E-state index is 0.0342. The van der Waals surface area contributed by atoms with Crippen molar-refractivity contribution in [1.82, 2.24) is 9.80 Å². The summed E-state index contributed by atoms with van der Waals surface area (Å²) in [5.74, 6) is 0.423. The number of hydrogen-bond donors (Lipinski definition) is 0. The van der Waals surface area contributed by atoms with Gasteiger partial charge in [-0.2, -0.15) is 0 Å². The first-order chi connectivity index (χ1) is 14.6. The molecule has 0 unspecified atom stereocenters. The lowest BCUT2D eigenvalue weighted by Gasteiger charge is -2.38. The van der Waals surface area contributed by atoms with Gasteiger partial charge in [-0.25, -0.2) is 0 Å². The molecule has 2 heterocycles. The summed E-state index contributed by atoms with van der Waals surface area (Å²) in [6, 6.07) is 17.5. The number of halogens is 1. The first-order valence-corrected chi connectivity index (χ1v) is 11.1. The molecule has 2 saturated heterocycles. The number of Topliss-reactive ketones (excluding diaryl/α,β-unsaturated/α-hetero) is 1. The largest absolute Gasteiger partial charge is 0.368 e. The molecular weight excluding hydrogens is 398 g/mol. The number of rotatable bonds is 5. The molecule has 2 aliphatic rings. The van der Waals surface area contributed by atoms with Crippen LogP contribution in [-0.4, -0.2) is 67.3 Å². The molecule has 4 rings (SSSR count). The van der Waals surface area contributed by atoms with Gasteiger partial charge in [-0.1, -0.05) is 29.8 Å². The van der Waals surface area contributed by atoms with Crippen molar-refractivity contribution < 1.29 is 9.59 Å². The second-order valence-electron chi connectivity index (χ2n) is 8.12. The van der Waals surface area contributed by atoms with E-state index < -0.39 is 0 Å².